The zero-order chi connectivity index (χ0) is 16.6. The van der Waals surface area contributed by atoms with E-state index < -0.39 is 5.54 Å². The Morgan fingerprint density at radius 1 is 1.30 bits per heavy atom. The van der Waals surface area contributed by atoms with Gasteiger partial charge < -0.3 is 5.32 Å². The molecule has 23 heavy (non-hydrogen) atoms. The van der Waals surface area contributed by atoms with E-state index in [1.807, 2.05) is 0 Å². The van der Waals surface area contributed by atoms with Crippen LogP contribution < -0.4 is 5.32 Å². The third kappa shape index (κ3) is 2.98. The van der Waals surface area contributed by atoms with Crippen LogP contribution in [0.4, 0.5) is 4.79 Å². The van der Waals surface area contributed by atoms with Gasteiger partial charge in [0.05, 0.1) is 0 Å². The van der Waals surface area contributed by atoms with Gasteiger partial charge in [0, 0.05) is 19.1 Å². The minimum Gasteiger partial charge on any atom is -0.324 e. The molecule has 0 unspecified atom stereocenters. The van der Waals surface area contributed by atoms with Crippen molar-refractivity contribution in [3.63, 3.8) is 0 Å². The largest absolute Gasteiger partial charge is 0.325 e. The van der Waals surface area contributed by atoms with E-state index in [0.29, 0.717) is 12.6 Å². The number of fused-ring (bicyclic) bond motifs is 1. The average Bonchev–Trinajstić information content (AvgIpc) is 3.01. The molecule has 5 heteroatoms. The number of hydrogen-bond donors (Lipinski definition) is 1. The Bertz CT molecular complexity index is 626. The van der Waals surface area contributed by atoms with Crippen LogP contribution in [0.1, 0.15) is 43.9 Å². The first kappa shape index (κ1) is 16.0. The Morgan fingerprint density at radius 3 is 2.74 bits per heavy atom. The number of carbonyl (C=O) groups is 2. The maximum absolute atomic E-state index is 12.2. The molecule has 1 N–H and O–H groups in total. The number of urea groups is 1. The number of hydrogen-bond acceptors (Lipinski definition) is 3. The number of aryl methyl sites for hydroxylation is 1. The summed E-state index contributed by atoms with van der Waals surface area (Å²) >= 11 is 0. The van der Waals surface area contributed by atoms with Crippen molar-refractivity contribution < 1.29 is 9.59 Å². The highest BCUT2D eigenvalue weighted by molar-refractivity contribution is 6.06. The molecule has 1 aliphatic heterocycles. The second-order valence-electron chi connectivity index (χ2n) is 7.10. The lowest BCUT2D eigenvalue weighted by Gasteiger charge is -2.26. The van der Waals surface area contributed by atoms with Gasteiger partial charge >= 0.3 is 6.03 Å². The van der Waals surface area contributed by atoms with Crippen LogP contribution in [0.3, 0.4) is 0 Å². The Balaban J connectivity index is 1.54. The summed E-state index contributed by atoms with van der Waals surface area (Å²) in [5.41, 5.74) is 2.10. The Hall–Kier alpha value is -1.88. The number of amides is 3. The summed E-state index contributed by atoms with van der Waals surface area (Å²) in [5, 5.41) is 2.72. The van der Waals surface area contributed by atoms with E-state index in [-0.39, 0.29) is 11.9 Å². The third-order valence-electron chi connectivity index (χ3n) is 4.97. The maximum Gasteiger partial charge on any atom is 0.325 e. The summed E-state index contributed by atoms with van der Waals surface area (Å²) in [6.45, 7) is 4.84. The molecule has 1 aromatic carbocycles. The van der Waals surface area contributed by atoms with Gasteiger partial charge in [-0.3, -0.25) is 14.6 Å². The summed E-state index contributed by atoms with van der Waals surface area (Å²) in [6, 6.07) is 8.79. The number of nitrogens with zero attached hydrogens (tertiary/aromatic N) is 2. The summed E-state index contributed by atoms with van der Waals surface area (Å²) in [6.07, 6.45) is 3.07. The highest BCUT2D eigenvalue weighted by Crippen LogP contribution is 2.34. The smallest absolute Gasteiger partial charge is 0.324 e. The highest BCUT2D eigenvalue weighted by Gasteiger charge is 2.43. The first-order valence-electron chi connectivity index (χ1n) is 8.32. The van der Waals surface area contributed by atoms with Crippen molar-refractivity contribution in [1.29, 1.82) is 0 Å². The van der Waals surface area contributed by atoms with Crippen LogP contribution >= 0.6 is 0 Å². The fraction of sp³-hybridized carbons (Fsp3) is 0.556. The number of carbonyl (C=O) groups excluding carboxylic acids is 2. The van der Waals surface area contributed by atoms with Gasteiger partial charge in [-0.2, -0.15) is 0 Å². The van der Waals surface area contributed by atoms with Crippen molar-refractivity contribution in [2.24, 2.45) is 0 Å². The summed E-state index contributed by atoms with van der Waals surface area (Å²) in [5.74, 6) is -0.128. The van der Waals surface area contributed by atoms with Crippen LogP contribution in [0.2, 0.25) is 0 Å². The molecule has 0 radical (unpaired) electrons. The molecule has 0 spiro atoms. The maximum atomic E-state index is 12.2. The fourth-order valence-electron chi connectivity index (χ4n) is 3.65. The molecule has 3 amide bonds. The summed E-state index contributed by atoms with van der Waals surface area (Å²) in [4.78, 5) is 27.7. The van der Waals surface area contributed by atoms with E-state index in [1.165, 1.54) is 16.0 Å². The molecule has 1 aromatic rings. The molecule has 1 fully saturated rings. The first-order valence-corrected chi connectivity index (χ1v) is 8.32. The van der Waals surface area contributed by atoms with Gasteiger partial charge in [-0.1, -0.05) is 24.3 Å². The number of benzene rings is 1. The van der Waals surface area contributed by atoms with E-state index in [2.05, 4.69) is 41.5 Å². The Morgan fingerprint density at radius 2 is 2.04 bits per heavy atom. The van der Waals surface area contributed by atoms with Crippen LogP contribution in [0.5, 0.6) is 0 Å². The van der Waals surface area contributed by atoms with Crippen molar-refractivity contribution in [1.82, 2.24) is 15.1 Å². The second kappa shape index (κ2) is 5.96. The summed E-state index contributed by atoms with van der Waals surface area (Å²) < 4.78 is 0. The predicted molar refractivity (Wildman–Crippen MR) is 89.1 cm³/mol. The molecule has 1 atom stereocenters. The van der Waals surface area contributed by atoms with Crippen molar-refractivity contribution in [2.75, 3.05) is 20.1 Å². The molecule has 0 aromatic heterocycles. The molecule has 0 bridgehead atoms. The molecule has 1 heterocycles. The predicted octanol–water partition coefficient (Wildman–Crippen LogP) is 2.33. The van der Waals surface area contributed by atoms with E-state index in [4.69, 9.17) is 0 Å². The van der Waals surface area contributed by atoms with Crippen molar-refractivity contribution in [2.45, 2.75) is 44.7 Å². The van der Waals surface area contributed by atoms with Gasteiger partial charge in [0.15, 0.2) is 0 Å². The topological polar surface area (TPSA) is 52.6 Å². The van der Waals surface area contributed by atoms with E-state index in [1.54, 1.807) is 13.8 Å². The number of nitrogens with one attached hydrogen (secondary N) is 1. The van der Waals surface area contributed by atoms with Gasteiger partial charge in [-0.15, -0.1) is 0 Å². The Labute approximate surface area is 137 Å². The van der Waals surface area contributed by atoms with E-state index >= 15 is 0 Å². The highest BCUT2D eigenvalue weighted by atomic mass is 16.2. The number of imide groups is 1. The van der Waals surface area contributed by atoms with Gasteiger partial charge in [0.2, 0.25) is 0 Å². The lowest BCUT2D eigenvalue weighted by Crippen LogP contribution is -2.40. The van der Waals surface area contributed by atoms with Crippen LogP contribution in [0, 0.1) is 0 Å². The van der Waals surface area contributed by atoms with Crippen molar-refractivity contribution in [3.8, 4) is 0 Å². The molecular weight excluding hydrogens is 290 g/mol. The molecule has 3 rings (SSSR count). The van der Waals surface area contributed by atoms with Crippen LogP contribution in [0.25, 0.3) is 0 Å². The lowest BCUT2D eigenvalue weighted by molar-refractivity contribution is -0.130. The molecule has 5 nitrogen and oxygen atoms in total. The van der Waals surface area contributed by atoms with Crippen molar-refractivity contribution in [3.05, 3.63) is 35.4 Å². The zero-order valence-corrected chi connectivity index (χ0v) is 14.1. The molecule has 1 aliphatic carbocycles. The molecular formula is C18H25N3O2. The second-order valence-corrected chi connectivity index (χ2v) is 7.10. The zero-order valence-electron chi connectivity index (χ0n) is 14.1. The minimum absolute atomic E-state index is 0.128. The standard InChI is InChI=1S/C18H25N3O2/c1-18(2)16(22)21(17(23)19-18)12-6-11-20(3)15-10-9-13-7-4-5-8-14(13)15/h4-5,7-8,15H,6,9-12H2,1-3H3,(H,19,23)/t15-/m0/s1. The summed E-state index contributed by atoms with van der Waals surface area (Å²) in [7, 11) is 2.13. The number of rotatable bonds is 5. The third-order valence-corrected chi connectivity index (χ3v) is 4.97. The molecule has 1 saturated heterocycles. The normalized spacial score (nSPS) is 22.6. The van der Waals surface area contributed by atoms with Crippen LogP contribution in [-0.2, 0) is 11.2 Å². The quantitative estimate of drug-likeness (QED) is 0.849. The minimum atomic E-state index is -0.770. The Kier molecular flexibility index (Phi) is 4.15. The van der Waals surface area contributed by atoms with Crippen molar-refractivity contribution >= 4 is 11.9 Å². The average molecular weight is 315 g/mol. The van der Waals surface area contributed by atoms with Gasteiger partial charge in [-0.05, 0) is 51.3 Å². The fourth-order valence-corrected chi connectivity index (χ4v) is 3.65. The molecule has 0 saturated carbocycles. The monoisotopic (exact) mass is 315 g/mol. The molecule has 124 valence electrons. The van der Waals surface area contributed by atoms with Gasteiger partial charge in [0.1, 0.15) is 5.54 Å². The SMILES string of the molecule is CN(CCCN1C(=O)NC(C)(C)C1=O)[C@H]1CCc2ccccc21. The van der Waals surface area contributed by atoms with Crippen LogP contribution in [-0.4, -0.2) is 47.4 Å². The lowest BCUT2D eigenvalue weighted by atomic mass is 10.1. The molecule has 2 aliphatic rings. The van der Waals surface area contributed by atoms with Crippen LogP contribution in [0.15, 0.2) is 24.3 Å². The first-order chi connectivity index (χ1) is 10.9. The van der Waals surface area contributed by atoms with Gasteiger partial charge in [0.25, 0.3) is 5.91 Å². The van der Waals surface area contributed by atoms with E-state index in [0.717, 1.165) is 25.8 Å². The van der Waals surface area contributed by atoms with E-state index in [9.17, 15) is 9.59 Å². The van der Waals surface area contributed by atoms with Gasteiger partial charge in [-0.25, -0.2) is 4.79 Å².